The van der Waals surface area contributed by atoms with Gasteiger partial charge in [-0.1, -0.05) is 18.6 Å². The molecule has 164 valence electrons. The van der Waals surface area contributed by atoms with Crippen LogP contribution in [-0.4, -0.2) is 38.4 Å². The van der Waals surface area contributed by atoms with Gasteiger partial charge < -0.3 is 25.5 Å². The molecule has 0 amide bonds. The average molecular weight is 412 g/mol. The van der Waals surface area contributed by atoms with Crippen molar-refractivity contribution in [1.29, 1.82) is 0 Å². The summed E-state index contributed by atoms with van der Waals surface area (Å²) in [5, 5.41) is 7.43. The van der Waals surface area contributed by atoms with Crippen LogP contribution in [-0.2, 0) is 4.74 Å². The van der Waals surface area contributed by atoms with Crippen molar-refractivity contribution in [2.45, 2.75) is 58.5 Å². The van der Waals surface area contributed by atoms with E-state index in [1.807, 2.05) is 31.2 Å². The van der Waals surface area contributed by atoms with Gasteiger partial charge in [-0.05, 0) is 82.0 Å². The maximum atomic E-state index is 6.21. The molecule has 1 saturated heterocycles. The number of ether oxygens (including phenoxy) is 1. The molecule has 30 heavy (non-hydrogen) atoms. The molecule has 5 heteroatoms. The average Bonchev–Trinajstić information content (AvgIpc) is 3.18. The molecule has 3 rings (SSSR count). The van der Waals surface area contributed by atoms with Crippen molar-refractivity contribution in [1.82, 2.24) is 10.6 Å². The Hall–Kier alpha value is -2.08. The van der Waals surface area contributed by atoms with Crippen molar-refractivity contribution in [3.8, 4) is 0 Å². The van der Waals surface area contributed by atoms with E-state index in [1.165, 1.54) is 5.56 Å². The van der Waals surface area contributed by atoms with Gasteiger partial charge in [-0.3, -0.25) is 0 Å². The highest BCUT2D eigenvalue weighted by molar-refractivity contribution is 5.84. The third-order valence-corrected chi connectivity index (χ3v) is 5.80. The molecule has 4 N–H and O–H groups in total. The second-order valence-electron chi connectivity index (χ2n) is 8.34. The van der Waals surface area contributed by atoms with Crippen LogP contribution in [0.15, 0.2) is 34.7 Å². The highest BCUT2D eigenvalue weighted by atomic mass is 16.5. The van der Waals surface area contributed by atoms with Crippen LogP contribution < -0.4 is 16.4 Å². The second-order valence-corrected chi connectivity index (χ2v) is 8.34. The van der Waals surface area contributed by atoms with Crippen molar-refractivity contribution >= 4 is 17.3 Å². The van der Waals surface area contributed by atoms with Gasteiger partial charge in [0.1, 0.15) is 11.5 Å². The lowest BCUT2D eigenvalue weighted by Gasteiger charge is -2.28. The van der Waals surface area contributed by atoms with Crippen LogP contribution in [0.25, 0.3) is 11.6 Å². The van der Waals surface area contributed by atoms with Crippen molar-refractivity contribution < 1.29 is 9.15 Å². The van der Waals surface area contributed by atoms with Gasteiger partial charge in [0.25, 0.3) is 0 Å². The molecular weight excluding hydrogens is 374 g/mol. The predicted octanol–water partition coefficient (Wildman–Crippen LogP) is 4.55. The lowest BCUT2D eigenvalue weighted by atomic mass is 10.0. The van der Waals surface area contributed by atoms with Gasteiger partial charge in [-0.2, -0.15) is 0 Å². The fourth-order valence-electron chi connectivity index (χ4n) is 3.93. The number of benzene rings is 1. The number of hydrogen-bond acceptors (Lipinski definition) is 5. The summed E-state index contributed by atoms with van der Waals surface area (Å²) in [6, 6.07) is 11.3. The lowest BCUT2D eigenvalue weighted by Crippen LogP contribution is -2.42. The molecule has 1 unspecified atom stereocenters. The van der Waals surface area contributed by atoms with E-state index < -0.39 is 0 Å². The van der Waals surface area contributed by atoms with Crippen molar-refractivity contribution in [3.63, 3.8) is 0 Å². The summed E-state index contributed by atoms with van der Waals surface area (Å²) in [6.07, 6.45) is 6.62. The molecule has 1 aromatic carbocycles. The zero-order chi connectivity index (χ0) is 21.3. The first-order chi connectivity index (χ1) is 14.5. The highest BCUT2D eigenvalue weighted by Gasteiger charge is 2.17. The SMILES string of the molecule is CCC(CCNC/C(=C\c1cc(C)ccc1N)c1ccc(C)o1)NC1CCOCC1. The van der Waals surface area contributed by atoms with Crippen LogP contribution in [0.1, 0.15) is 55.3 Å². The molecule has 1 fully saturated rings. The minimum absolute atomic E-state index is 0.534. The Labute approximate surface area is 181 Å². The smallest absolute Gasteiger partial charge is 0.131 e. The van der Waals surface area contributed by atoms with E-state index in [0.717, 1.165) is 80.3 Å². The van der Waals surface area contributed by atoms with Crippen molar-refractivity contribution in [2.24, 2.45) is 0 Å². The fraction of sp³-hybridized carbons (Fsp3) is 0.520. The summed E-state index contributed by atoms with van der Waals surface area (Å²) in [5.41, 5.74) is 10.3. The van der Waals surface area contributed by atoms with Crippen molar-refractivity contribution in [2.75, 3.05) is 32.0 Å². The molecule has 0 bridgehead atoms. The number of anilines is 1. The largest absolute Gasteiger partial charge is 0.462 e. The van der Waals surface area contributed by atoms with E-state index in [0.29, 0.717) is 12.1 Å². The highest BCUT2D eigenvalue weighted by Crippen LogP contribution is 2.24. The summed E-state index contributed by atoms with van der Waals surface area (Å²) in [6.45, 7) is 9.78. The molecular formula is C25H37N3O2. The van der Waals surface area contributed by atoms with E-state index >= 15 is 0 Å². The van der Waals surface area contributed by atoms with Gasteiger partial charge in [-0.25, -0.2) is 0 Å². The topological polar surface area (TPSA) is 72.5 Å². The van der Waals surface area contributed by atoms with Gasteiger partial charge in [0.05, 0.1) is 0 Å². The molecule has 0 aliphatic carbocycles. The standard InChI is InChI=1S/C25H37N3O2/c1-4-22(28-23-10-13-29-14-11-23)9-12-27-17-21(25-8-6-19(3)30-25)16-20-15-18(2)5-7-24(20)26/h5-8,15-16,22-23,27-28H,4,9-14,17,26H2,1-3H3/b21-16+. The van der Waals surface area contributed by atoms with Crippen LogP contribution in [0.4, 0.5) is 5.69 Å². The number of furan rings is 1. The Morgan fingerprint density at radius 3 is 2.70 bits per heavy atom. The van der Waals surface area contributed by atoms with Crippen LogP contribution in [0.2, 0.25) is 0 Å². The first-order valence-electron chi connectivity index (χ1n) is 11.2. The molecule has 1 aromatic heterocycles. The maximum absolute atomic E-state index is 6.21. The van der Waals surface area contributed by atoms with Crippen LogP contribution in [0, 0.1) is 13.8 Å². The Morgan fingerprint density at radius 2 is 2.00 bits per heavy atom. The first-order valence-corrected chi connectivity index (χ1v) is 11.2. The summed E-state index contributed by atoms with van der Waals surface area (Å²) < 4.78 is 11.4. The maximum Gasteiger partial charge on any atom is 0.131 e. The number of hydrogen-bond donors (Lipinski definition) is 3. The van der Waals surface area contributed by atoms with Gasteiger partial charge in [-0.15, -0.1) is 0 Å². The Bertz CT molecular complexity index is 822. The number of aryl methyl sites for hydroxylation is 2. The fourth-order valence-corrected chi connectivity index (χ4v) is 3.93. The molecule has 1 atom stereocenters. The number of nitrogens with one attached hydrogen (secondary N) is 2. The quantitative estimate of drug-likeness (QED) is 0.395. The normalized spacial score (nSPS) is 16.7. The van der Waals surface area contributed by atoms with Gasteiger partial charge in [0.15, 0.2) is 0 Å². The summed E-state index contributed by atoms with van der Waals surface area (Å²) in [4.78, 5) is 0. The molecule has 2 heterocycles. The van der Waals surface area contributed by atoms with E-state index in [4.69, 9.17) is 14.9 Å². The summed E-state index contributed by atoms with van der Waals surface area (Å²) >= 11 is 0. The molecule has 0 saturated carbocycles. The monoisotopic (exact) mass is 411 g/mol. The van der Waals surface area contributed by atoms with E-state index in [1.54, 1.807) is 0 Å². The zero-order valence-corrected chi connectivity index (χ0v) is 18.7. The second kappa shape index (κ2) is 11.3. The minimum Gasteiger partial charge on any atom is -0.462 e. The minimum atomic E-state index is 0.534. The molecule has 0 spiro atoms. The zero-order valence-electron chi connectivity index (χ0n) is 18.7. The van der Waals surface area contributed by atoms with E-state index in [9.17, 15) is 0 Å². The summed E-state index contributed by atoms with van der Waals surface area (Å²) in [5.74, 6) is 1.81. The van der Waals surface area contributed by atoms with Gasteiger partial charge in [0, 0.05) is 43.1 Å². The Morgan fingerprint density at radius 1 is 1.20 bits per heavy atom. The third-order valence-electron chi connectivity index (χ3n) is 5.80. The van der Waals surface area contributed by atoms with Gasteiger partial charge >= 0.3 is 0 Å². The molecule has 2 aromatic rings. The summed E-state index contributed by atoms with van der Waals surface area (Å²) in [7, 11) is 0. The number of nitrogen functional groups attached to an aromatic ring is 1. The third kappa shape index (κ3) is 6.73. The van der Waals surface area contributed by atoms with Crippen molar-refractivity contribution in [3.05, 3.63) is 53.0 Å². The lowest BCUT2D eigenvalue weighted by molar-refractivity contribution is 0.0743. The number of nitrogens with two attached hydrogens (primary N) is 1. The van der Waals surface area contributed by atoms with E-state index in [-0.39, 0.29) is 0 Å². The Kier molecular flexibility index (Phi) is 8.55. The van der Waals surface area contributed by atoms with Gasteiger partial charge in [0.2, 0.25) is 0 Å². The van der Waals surface area contributed by atoms with Crippen LogP contribution in [0.3, 0.4) is 0 Å². The van der Waals surface area contributed by atoms with E-state index in [2.05, 4.69) is 36.6 Å². The van der Waals surface area contributed by atoms with Crippen LogP contribution >= 0.6 is 0 Å². The first kappa shape index (κ1) is 22.6. The Balaban J connectivity index is 1.59. The van der Waals surface area contributed by atoms with Crippen LogP contribution in [0.5, 0.6) is 0 Å². The molecule has 5 nitrogen and oxygen atoms in total. The number of rotatable bonds is 10. The molecule has 1 aliphatic rings. The molecule has 0 radical (unpaired) electrons. The predicted molar refractivity (Wildman–Crippen MR) is 125 cm³/mol. The molecule has 1 aliphatic heterocycles.